The van der Waals surface area contributed by atoms with Crippen LogP contribution in [0.5, 0.6) is 0 Å². The van der Waals surface area contributed by atoms with Gasteiger partial charge in [-0.25, -0.2) is 4.79 Å². The van der Waals surface area contributed by atoms with Crippen LogP contribution in [0.4, 0.5) is 4.79 Å². The van der Waals surface area contributed by atoms with Gasteiger partial charge in [-0.15, -0.1) is 0 Å². The number of hydrogen-bond acceptors (Lipinski definition) is 7. The molecule has 4 rings (SSSR count). The van der Waals surface area contributed by atoms with Gasteiger partial charge in [0.05, 0.1) is 6.04 Å². The van der Waals surface area contributed by atoms with Crippen LogP contribution in [0, 0.1) is 17.3 Å². The smallest absolute Gasteiger partial charge is 0.417 e. The van der Waals surface area contributed by atoms with Crippen molar-refractivity contribution in [3.05, 3.63) is 34.9 Å². The van der Waals surface area contributed by atoms with Crippen molar-refractivity contribution in [3.63, 3.8) is 0 Å². The van der Waals surface area contributed by atoms with E-state index in [1.807, 2.05) is 25.7 Å². The van der Waals surface area contributed by atoms with Crippen LogP contribution >= 0.6 is 23.5 Å². The topological polar surface area (TPSA) is 134 Å². The Kier molecular flexibility index (Phi) is 12.2. The number of aldehydes is 1. The lowest BCUT2D eigenvalue weighted by Gasteiger charge is -2.41. The number of hydrogen-bond donors (Lipinski definition) is 3. The van der Waals surface area contributed by atoms with Gasteiger partial charge in [-0.05, 0) is 67.7 Å². The molecule has 2 unspecified atom stereocenters. The summed E-state index contributed by atoms with van der Waals surface area (Å²) in [5.41, 5.74) is -0.112. The summed E-state index contributed by atoms with van der Waals surface area (Å²) in [4.78, 5) is 65.7. The van der Waals surface area contributed by atoms with E-state index in [0.717, 1.165) is 43.2 Å². The third-order valence-electron chi connectivity index (χ3n) is 9.18. The number of piperidine rings is 1. The predicted octanol–water partition coefficient (Wildman–Crippen LogP) is 5.17. The van der Waals surface area contributed by atoms with Crippen LogP contribution in [0.2, 0.25) is 5.02 Å². The molecule has 1 aliphatic carbocycles. The lowest BCUT2D eigenvalue weighted by molar-refractivity contribution is -0.141. The normalized spacial score (nSPS) is 21.5. The first kappa shape index (κ1) is 35.1. The molecule has 2 saturated heterocycles. The van der Waals surface area contributed by atoms with Crippen LogP contribution in [-0.2, 0) is 30.5 Å². The number of nitrogens with one attached hydrogen (secondary N) is 3. The molecular weight excluding hydrogens is 616 g/mol. The lowest BCUT2D eigenvalue weighted by Crippen LogP contribution is -2.53. The first-order chi connectivity index (χ1) is 21.4. The van der Waals surface area contributed by atoms with Crippen molar-refractivity contribution in [2.24, 2.45) is 17.3 Å². The van der Waals surface area contributed by atoms with Crippen LogP contribution < -0.4 is 15.4 Å². The van der Waals surface area contributed by atoms with Gasteiger partial charge in [0.1, 0.15) is 18.1 Å². The van der Waals surface area contributed by atoms with E-state index >= 15 is 0 Å². The summed E-state index contributed by atoms with van der Waals surface area (Å²) >= 11 is 7.00. The molecule has 12 heteroatoms. The van der Waals surface area contributed by atoms with E-state index in [1.165, 1.54) is 6.42 Å². The minimum Gasteiger partial charge on any atom is -0.444 e. The summed E-state index contributed by atoms with van der Waals surface area (Å²) in [6.07, 6.45) is 8.09. The molecule has 2 aliphatic heterocycles. The molecular formula is C33H47ClN4O6S. The van der Waals surface area contributed by atoms with E-state index in [4.69, 9.17) is 16.3 Å². The maximum Gasteiger partial charge on any atom is 0.417 e. The molecule has 1 saturated carbocycles. The quantitative estimate of drug-likeness (QED) is 0.220. The van der Waals surface area contributed by atoms with Crippen LogP contribution in [0.1, 0.15) is 90.5 Å². The summed E-state index contributed by atoms with van der Waals surface area (Å²) in [5, 5.41) is 5.93. The van der Waals surface area contributed by atoms with Gasteiger partial charge >= 0.3 is 6.09 Å². The predicted molar refractivity (Wildman–Crippen MR) is 174 cm³/mol. The van der Waals surface area contributed by atoms with Gasteiger partial charge in [0.15, 0.2) is 0 Å². The molecule has 1 aromatic rings. The Morgan fingerprint density at radius 3 is 2.51 bits per heavy atom. The van der Waals surface area contributed by atoms with Crippen molar-refractivity contribution in [2.75, 3.05) is 13.1 Å². The molecule has 248 valence electrons. The fourth-order valence-corrected chi connectivity index (χ4v) is 7.75. The second kappa shape index (κ2) is 15.7. The van der Waals surface area contributed by atoms with Crippen molar-refractivity contribution in [1.82, 2.24) is 20.3 Å². The Bertz CT molecular complexity index is 1230. The molecule has 0 radical (unpaired) electrons. The molecule has 2 heterocycles. The summed E-state index contributed by atoms with van der Waals surface area (Å²) in [6.45, 7) is 6.91. The molecule has 1 aromatic carbocycles. The number of rotatable bonds is 11. The first-order valence-corrected chi connectivity index (χ1v) is 17.3. The zero-order chi connectivity index (χ0) is 32.6. The second-order valence-electron chi connectivity index (χ2n) is 13.9. The summed E-state index contributed by atoms with van der Waals surface area (Å²) in [6, 6.07) is 6.18. The number of halogens is 1. The van der Waals surface area contributed by atoms with Gasteiger partial charge in [0.2, 0.25) is 17.7 Å². The van der Waals surface area contributed by atoms with Gasteiger partial charge in [-0.1, -0.05) is 76.6 Å². The SMILES string of the molecule is CC(C)(C)C(=O)N1CCC2(CC1)CC(CC(C=O)NC(=O)[C@H](CC1CCCCC1)SNC(=O)OCc1cccc(Cl)c1)C(=O)N2. The molecule has 0 aromatic heterocycles. The zero-order valence-electron chi connectivity index (χ0n) is 26.6. The van der Waals surface area contributed by atoms with E-state index in [1.54, 1.807) is 24.3 Å². The number of amides is 4. The van der Waals surface area contributed by atoms with Crippen molar-refractivity contribution in [2.45, 2.75) is 108 Å². The maximum atomic E-state index is 13.5. The highest BCUT2D eigenvalue weighted by molar-refractivity contribution is 7.99. The van der Waals surface area contributed by atoms with Crippen LogP contribution in [-0.4, -0.2) is 64.9 Å². The number of likely N-dealkylation sites (tertiary alicyclic amines) is 1. The van der Waals surface area contributed by atoms with Gasteiger partial charge in [0, 0.05) is 35.0 Å². The van der Waals surface area contributed by atoms with Crippen molar-refractivity contribution < 1.29 is 28.7 Å². The molecule has 3 atom stereocenters. The number of benzene rings is 1. The zero-order valence-corrected chi connectivity index (χ0v) is 28.1. The third-order valence-corrected chi connectivity index (χ3v) is 10.4. The Morgan fingerprint density at radius 2 is 1.87 bits per heavy atom. The highest BCUT2D eigenvalue weighted by atomic mass is 35.5. The van der Waals surface area contributed by atoms with Gasteiger partial charge in [0.25, 0.3) is 0 Å². The second-order valence-corrected chi connectivity index (χ2v) is 15.3. The molecule has 45 heavy (non-hydrogen) atoms. The van der Waals surface area contributed by atoms with E-state index in [2.05, 4.69) is 15.4 Å². The van der Waals surface area contributed by atoms with E-state index in [0.29, 0.717) is 56.0 Å². The van der Waals surface area contributed by atoms with Crippen molar-refractivity contribution in [3.8, 4) is 0 Å². The lowest BCUT2D eigenvalue weighted by atomic mass is 9.81. The van der Waals surface area contributed by atoms with Crippen molar-refractivity contribution in [1.29, 1.82) is 0 Å². The largest absolute Gasteiger partial charge is 0.444 e. The van der Waals surface area contributed by atoms with E-state index < -0.39 is 34.3 Å². The fraction of sp³-hybridized carbons (Fsp3) is 0.667. The Balaban J connectivity index is 1.31. The van der Waals surface area contributed by atoms with Crippen LogP contribution in [0.25, 0.3) is 0 Å². The third kappa shape index (κ3) is 10.1. The summed E-state index contributed by atoms with van der Waals surface area (Å²) < 4.78 is 7.96. The number of carbonyl (C=O) groups is 5. The molecule has 3 aliphatic rings. The molecule has 3 fully saturated rings. The highest BCUT2D eigenvalue weighted by Crippen LogP contribution is 2.37. The Hall–Kier alpha value is -2.79. The molecule has 0 bridgehead atoms. The molecule has 10 nitrogen and oxygen atoms in total. The average molecular weight is 663 g/mol. The summed E-state index contributed by atoms with van der Waals surface area (Å²) in [7, 11) is 0. The molecule has 3 N–H and O–H groups in total. The number of nitrogens with zero attached hydrogens (tertiary/aromatic N) is 1. The van der Waals surface area contributed by atoms with Gasteiger partial charge < -0.3 is 25.1 Å². The minimum absolute atomic E-state index is 0.0372. The first-order valence-electron chi connectivity index (χ1n) is 16.1. The Morgan fingerprint density at radius 1 is 1.16 bits per heavy atom. The van der Waals surface area contributed by atoms with Crippen LogP contribution in [0.3, 0.4) is 0 Å². The maximum absolute atomic E-state index is 13.5. The van der Waals surface area contributed by atoms with Crippen LogP contribution in [0.15, 0.2) is 24.3 Å². The van der Waals surface area contributed by atoms with Crippen molar-refractivity contribution >= 4 is 53.6 Å². The molecule has 1 spiro atoms. The fourth-order valence-electron chi connectivity index (χ4n) is 6.70. The average Bonchev–Trinajstić information content (AvgIpc) is 3.31. The summed E-state index contributed by atoms with van der Waals surface area (Å²) in [5.74, 6) is -0.442. The number of ether oxygens (including phenoxy) is 1. The monoisotopic (exact) mass is 662 g/mol. The van der Waals surface area contributed by atoms with Gasteiger partial charge in [-0.2, -0.15) is 0 Å². The van der Waals surface area contributed by atoms with E-state index in [9.17, 15) is 24.0 Å². The molecule has 4 amide bonds. The van der Waals surface area contributed by atoms with Gasteiger partial charge in [-0.3, -0.25) is 19.1 Å². The minimum atomic E-state index is -0.838. The number of carbonyl (C=O) groups excluding carboxylic acids is 5. The standard InChI is InChI=1S/C33H47ClN4O6S/c1-32(2,3)30(42)38-14-12-33(13-15-38)19-24(28(40)36-33)18-26(20-39)35-29(41)27(17-22-8-5-4-6-9-22)45-37-31(43)44-21-23-10-7-11-25(34)16-23/h7,10-11,16,20,22,24,26-27H,4-6,8-9,12-15,17-19,21H2,1-3H3,(H,35,41)(H,36,40)(H,37,43)/t24?,26?,27-/m0/s1. The van der Waals surface area contributed by atoms with E-state index in [-0.39, 0.29) is 30.7 Å². The highest BCUT2D eigenvalue weighted by Gasteiger charge is 2.47. The Labute approximate surface area is 275 Å².